The zero-order chi connectivity index (χ0) is 14.5. The van der Waals surface area contributed by atoms with Gasteiger partial charge in [0.1, 0.15) is 0 Å². The molecule has 0 aromatic heterocycles. The van der Waals surface area contributed by atoms with E-state index < -0.39 is 6.10 Å². The van der Waals surface area contributed by atoms with Crippen molar-refractivity contribution >= 4 is 5.91 Å². The molecule has 0 bridgehead atoms. The fourth-order valence-electron chi connectivity index (χ4n) is 1.81. The van der Waals surface area contributed by atoms with Gasteiger partial charge in [0.2, 0.25) is 5.91 Å². The van der Waals surface area contributed by atoms with Crippen LogP contribution in [0.5, 0.6) is 0 Å². The molecule has 0 saturated carbocycles. The van der Waals surface area contributed by atoms with E-state index in [4.69, 9.17) is 0 Å². The summed E-state index contributed by atoms with van der Waals surface area (Å²) in [5, 5.41) is 12.6. The van der Waals surface area contributed by atoms with Crippen molar-refractivity contribution in [3.63, 3.8) is 0 Å². The third-order valence-electron chi connectivity index (χ3n) is 3.45. The third kappa shape index (κ3) is 5.03. The van der Waals surface area contributed by atoms with E-state index in [1.807, 2.05) is 32.0 Å². The molecule has 1 aromatic carbocycles. The summed E-state index contributed by atoms with van der Waals surface area (Å²) >= 11 is 0. The highest BCUT2D eigenvalue weighted by atomic mass is 16.3. The van der Waals surface area contributed by atoms with Gasteiger partial charge in [0, 0.05) is 12.0 Å². The van der Waals surface area contributed by atoms with Crippen molar-refractivity contribution in [2.24, 2.45) is 5.92 Å². The summed E-state index contributed by atoms with van der Waals surface area (Å²) in [6, 6.07) is 10.1. The number of rotatable bonds is 6. The second kappa shape index (κ2) is 6.71. The molecule has 3 heteroatoms. The SMILES string of the molecule is CC(C)C(O)CC(=O)NCC(C)(C)c1ccccc1. The highest BCUT2D eigenvalue weighted by molar-refractivity contribution is 5.76. The molecule has 1 amide bonds. The number of carbonyl (C=O) groups excluding carboxylic acids is 1. The number of hydrogen-bond acceptors (Lipinski definition) is 2. The molecule has 0 spiro atoms. The number of amides is 1. The zero-order valence-corrected chi connectivity index (χ0v) is 12.3. The quantitative estimate of drug-likeness (QED) is 0.828. The van der Waals surface area contributed by atoms with Crippen LogP contribution in [0.2, 0.25) is 0 Å². The normalized spacial score (nSPS) is 13.4. The fraction of sp³-hybridized carbons (Fsp3) is 0.562. The van der Waals surface area contributed by atoms with Crippen LogP contribution >= 0.6 is 0 Å². The maximum atomic E-state index is 11.8. The van der Waals surface area contributed by atoms with E-state index in [0.29, 0.717) is 6.54 Å². The molecule has 0 aliphatic rings. The first-order valence-electron chi connectivity index (χ1n) is 6.83. The van der Waals surface area contributed by atoms with Crippen molar-refractivity contribution < 1.29 is 9.90 Å². The number of hydrogen-bond donors (Lipinski definition) is 2. The van der Waals surface area contributed by atoms with E-state index in [1.54, 1.807) is 0 Å². The Balaban J connectivity index is 2.50. The number of aliphatic hydroxyl groups excluding tert-OH is 1. The Hall–Kier alpha value is -1.35. The average molecular weight is 263 g/mol. The minimum absolute atomic E-state index is 0.0924. The minimum Gasteiger partial charge on any atom is -0.392 e. The highest BCUT2D eigenvalue weighted by Crippen LogP contribution is 2.21. The van der Waals surface area contributed by atoms with Crippen LogP contribution < -0.4 is 5.32 Å². The summed E-state index contributed by atoms with van der Waals surface area (Å²) in [4.78, 5) is 11.8. The standard InChI is InChI=1S/C16H25NO2/c1-12(2)14(18)10-15(19)17-11-16(3,4)13-8-6-5-7-9-13/h5-9,12,14,18H,10-11H2,1-4H3,(H,17,19). The monoisotopic (exact) mass is 263 g/mol. The zero-order valence-electron chi connectivity index (χ0n) is 12.3. The predicted molar refractivity (Wildman–Crippen MR) is 77.9 cm³/mol. The van der Waals surface area contributed by atoms with Crippen LogP contribution in [0.3, 0.4) is 0 Å². The van der Waals surface area contributed by atoms with Crippen molar-refractivity contribution in [2.75, 3.05) is 6.54 Å². The smallest absolute Gasteiger partial charge is 0.222 e. The molecule has 0 aliphatic heterocycles. The molecule has 1 atom stereocenters. The van der Waals surface area contributed by atoms with Crippen LogP contribution in [0.4, 0.5) is 0 Å². The Bertz CT molecular complexity index is 398. The lowest BCUT2D eigenvalue weighted by Crippen LogP contribution is -2.38. The molecule has 1 unspecified atom stereocenters. The maximum absolute atomic E-state index is 11.8. The summed E-state index contributed by atoms with van der Waals surface area (Å²) < 4.78 is 0. The molecule has 2 N–H and O–H groups in total. The second-order valence-corrected chi connectivity index (χ2v) is 6.04. The molecule has 19 heavy (non-hydrogen) atoms. The Morgan fingerprint density at radius 2 is 1.84 bits per heavy atom. The van der Waals surface area contributed by atoms with Crippen molar-refractivity contribution in [2.45, 2.75) is 45.6 Å². The van der Waals surface area contributed by atoms with Gasteiger partial charge in [-0.25, -0.2) is 0 Å². The van der Waals surface area contributed by atoms with Crippen molar-refractivity contribution in [1.29, 1.82) is 0 Å². The number of aliphatic hydroxyl groups is 1. The average Bonchev–Trinajstić information content (AvgIpc) is 2.37. The van der Waals surface area contributed by atoms with Crippen molar-refractivity contribution in [3.8, 4) is 0 Å². The summed E-state index contributed by atoms with van der Waals surface area (Å²) in [6.45, 7) is 8.58. The Kier molecular flexibility index (Phi) is 5.55. The van der Waals surface area contributed by atoms with Gasteiger partial charge in [0.25, 0.3) is 0 Å². The molecule has 1 aromatic rings. The van der Waals surface area contributed by atoms with Gasteiger partial charge in [0.05, 0.1) is 12.5 Å². The fourth-order valence-corrected chi connectivity index (χ4v) is 1.81. The van der Waals surface area contributed by atoms with Gasteiger partial charge in [-0.3, -0.25) is 4.79 Å². The van der Waals surface area contributed by atoms with Gasteiger partial charge in [-0.05, 0) is 11.5 Å². The van der Waals surface area contributed by atoms with Gasteiger partial charge in [0.15, 0.2) is 0 Å². The topological polar surface area (TPSA) is 49.3 Å². The van der Waals surface area contributed by atoms with E-state index >= 15 is 0 Å². The summed E-state index contributed by atoms with van der Waals surface area (Å²) in [7, 11) is 0. The van der Waals surface area contributed by atoms with E-state index in [2.05, 4.69) is 31.3 Å². The van der Waals surface area contributed by atoms with Gasteiger partial charge < -0.3 is 10.4 Å². The lowest BCUT2D eigenvalue weighted by Gasteiger charge is -2.26. The van der Waals surface area contributed by atoms with Crippen LogP contribution in [0.25, 0.3) is 0 Å². The summed E-state index contributed by atoms with van der Waals surface area (Å²) in [5.74, 6) is 0.0121. The van der Waals surface area contributed by atoms with Gasteiger partial charge in [-0.2, -0.15) is 0 Å². The Morgan fingerprint density at radius 1 is 1.26 bits per heavy atom. The minimum atomic E-state index is -0.570. The van der Waals surface area contributed by atoms with E-state index in [-0.39, 0.29) is 23.7 Å². The van der Waals surface area contributed by atoms with Crippen LogP contribution in [0.15, 0.2) is 30.3 Å². The summed E-state index contributed by atoms with van der Waals surface area (Å²) in [5.41, 5.74) is 1.08. The maximum Gasteiger partial charge on any atom is 0.222 e. The third-order valence-corrected chi connectivity index (χ3v) is 3.45. The van der Waals surface area contributed by atoms with Crippen LogP contribution in [-0.4, -0.2) is 23.7 Å². The van der Waals surface area contributed by atoms with Crippen LogP contribution in [0.1, 0.15) is 39.7 Å². The number of nitrogens with one attached hydrogen (secondary N) is 1. The lowest BCUT2D eigenvalue weighted by molar-refractivity contribution is -0.123. The van der Waals surface area contributed by atoms with Gasteiger partial charge in [-0.15, -0.1) is 0 Å². The Morgan fingerprint density at radius 3 is 2.37 bits per heavy atom. The molecular formula is C16H25NO2. The molecule has 0 heterocycles. The molecule has 0 aliphatic carbocycles. The second-order valence-electron chi connectivity index (χ2n) is 6.04. The molecule has 0 saturated heterocycles. The first-order chi connectivity index (χ1) is 8.83. The van der Waals surface area contributed by atoms with Crippen LogP contribution in [0, 0.1) is 5.92 Å². The van der Waals surface area contributed by atoms with Crippen molar-refractivity contribution in [1.82, 2.24) is 5.32 Å². The molecule has 3 nitrogen and oxygen atoms in total. The molecule has 106 valence electrons. The predicted octanol–water partition coefficient (Wildman–Crippen LogP) is 2.49. The first kappa shape index (κ1) is 15.7. The summed E-state index contributed by atoms with van der Waals surface area (Å²) in [6.07, 6.45) is -0.400. The largest absolute Gasteiger partial charge is 0.392 e. The van der Waals surface area contributed by atoms with Gasteiger partial charge in [-0.1, -0.05) is 58.0 Å². The highest BCUT2D eigenvalue weighted by Gasteiger charge is 2.22. The molecular weight excluding hydrogens is 238 g/mol. The molecule has 0 radical (unpaired) electrons. The molecule has 0 fully saturated rings. The van der Waals surface area contributed by atoms with E-state index in [9.17, 15) is 9.90 Å². The van der Waals surface area contributed by atoms with Crippen LogP contribution in [-0.2, 0) is 10.2 Å². The first-order valence-corrected chi connectivity index (χ1v) is 6.83. The lowest BCUT2D eigenvalue weighted by atomic mass is 9.84. The van der Waals surface area contributed by atoms with Gasteiger partial charge >= 0.3 is 0 Å². The van der Waals surface area contributed by atoms with Crippen molar-refractivity contribution in [3.05, 3.63) is 35.9 Å². The number of benzene rings is 1. The number of carbonyl (C=O) groups is 1. The molecule has 1 rings (SSSR count). The van der Waals surface area contributed by atoms with E-state index in [1.165, 1.54) is 5.56 Å². The van der Waals surface area contributed by atoms with E-state index in [0.717, 1.165) is 0 Å². The Labute approximate surface area is 116 Å².